The van der Waals surface area contributed by atoms with Gasteiger partial charge >= 0.3 is 0 Å². The lowest BCUT2D eigenvalue weighted by molar-refractivity contribution is -0.126. The number of likely N-dealkylation sites (tertiary alicyclic amines) is 1. The molecule has 9 nitrogen and oxygen atoms in total. The third-order valence-electron chi connectivity index (χ3n) is 4.69. The fourth-order valence-electron chi connectivity index (χ4n) is 3.30. The van der Waals surface area contributed by atoms with Gasteiger partial charge in [-0.15, -0.1) is 0 Å². The maximum atomic E-state index is 13.5. The summed E-state index contributed by atoms with van der Waals surface area (Å²) in [4.78, 5) is 35.9. The molecule has 0 unspecified atom stereocenters. The molecular weight excluding hydrogens is 407 g/mol. The number of anilines is 1. The van der Waals surface area contributed by atoms with Gasteiger partial charge in [-0.1, -0.05) is 12.1 Å². The standard InChI is InChI=1S/C19H23FN4O.2CH2O2/c1-21-18(25)19(23-16-7-4-5-15(20)13-16)8-11-24(12-9-19)14-17-6-2-3-10-22-17;2*2-1-3/h2-7,10,13,23H,8-9,11-12,14H2,1H3,(H,21,25);2*1H,(H,2,3). The Morgan fingerprint density at radius 1 is 1.16 bits per heavy atom. The smallest absolute Gasteiger partial charge is 0.290 e. The Hall–Kier alpha value is -3.53. The first kappa shape index (κ1) is 25.5. The van der Waals surface area contributed by atoms with Gasteiger partial charge in [0.2, 0.25) is 5.91 Å². The second-order valence-electron chi connectivity index (χ2n) is 6.60. The van der Waals surface area contributed by atoms with E-state index in [4.69, 9.17) is 19.8 Å². The number of halogens is 1. The Morgan fingerprint density at radius 3 is 2.32 bits per heavy atom. The van der Waals surface area contributed by atoms with Crippen molar-refractivity contribution in [2.45, 2.75) is 24.9 Å². The Kier molecular flexibility index (Phi) is 11.2. The number of hydrogen-bond acceptors (Lipinski definition) is 6. The van der Waals surface area contributed by atoms with Crippen LogP contribution in [0.5, 0.6) is 0 Å². The van der Waals surface area contributed by atoms with E-state index < -0.39 is 5.54 Å². The van der Waals surface area contributed by atoms with Crippen LogP contribution in [0.15, 0.2) is 48.7 Å². The minimum Gasteiger partial charge on any atom is -0.483 e. The van der Waals surface area contributed by atoms with Crippen molar-refractivity contribution in [1.29, 1.82) is 0 Å². The van der Waals surface area contributed by atoms with Crippen LogP contribution in [-0.4, -0.2) is 64.6 Å². The van der Waals surface area contributed by atoms with E-state index >= 15 is 0 Å². The number of hydrogen-bond donors (Lipinski definition) is 4. The van der Waals surface area contributed by atoms with Crippen molar-refractivity contribution in [2.24, 2.45) is 0 Å². The van der Waals surface area contributed by atoms with E-state index in [0.29, 0.717) is 18.5 Å². The van der Waals surface area contributed by atoms with Gasteiger partial charge in [0.05, 0.1) is 5.69 Å². The molecule has 0 saturated carbocycles. The Bertz CT molecular complexity index is 808. The monoisotopic (exact) mass is 434 g/mol. The van der Waals surface area contributed by atoms with Crippen molar-refractivity contribution in [3.63, 3.8) is 0 Å². The maximum Gasteiger partial charge on any atom is 0.290 e. The van der Waals surface area contributed by atoms with Crippen molar-refractivity contribution >= 4 is 24.5 Å². The molecule has 4 N–H and O–H groups in total. The predicted octanol–water partition coefficient (Wildman–Crippen LogP) is 1.81. The molecule has 0 radical (unpaired) electrons. The molecule has 31 heavy (non-hydrogen) atoms. The fraction of sp³-hybridized carbons (Fsp3) is 0.333. The summed E-state index contributed by atoms with van der Waals surface area (Å²) in [5, 5.41) is 19.8. The third-order valence-corrected chi connectivity index (χ3v) is 4.69. The summed E-state index contributed by atoms with van der Waals surface area (Å²) in [6.07, 6.45) is 3.09. The van der Waals surface area contributed by atoms with Crippen LogP contribution in [0.1, 0.15) is 18.5 Å². The zero-order chi connectivity index (χ0) is 23.1. The molecule has 0 bridgehead atoms. The van der Waals surface area contributed by atoms with E-state index in [9.17, 15) is 9.18 Å². The number of pyridine rings is 1. The molecule has 0 aliphatic carbocycles. The van der Waals surface area contributed by atoms with Gasteiger partial charge in [0.25, 0.3) is 12.9 Å². The van der Waals surface area contributed by atoms with Crippen LogP contribution < -0.4 is 10.6 Å². The molecular formula is C21H27FN4O5. The number of carbonyl (C=O) groups is 3. The number of likely N-dealkylation sites (N-methyl/N-ethyl adjacent to an activating group) is 1. The second kappa shape index (κ2) is 13.6. The maximum absolute atomic E-state index is 13.5. The van der Waals surface area contributed by atoms with Crippen molar-refractivity contribution < 1.29 is 29.0 Å². The number of piperidine rings is 1. The van der Waals surface area contributed by atoms with Gasteiger partial charge in [-0.3, -0.25) is 24.3 Å². The molecule has 0 atom stereocenters. The third kappa shape index (κ3) is 8.39. The average molecular weight is 434 g/mol. The Labute approximate surface area is 179 Å². The summed E-state index contributed by atoms with van der Waals surface area (Å²) in [6, 6.07) is 12.1. The van der Waals surface area contributed by atoms with Crippen molar-refractivity contribution in [3.8, 4) is 0 Å². The molecule has 1 saturated heterocycles. The average Bonchev–Trinajstić information content (AvgIpc) is 2.76. The van der Waals surface area contributed by atoms with E-state index in [0.717, 1.165) is 25.3 Å². The van der Waals surface area contributed by atoms with E-state index in [1.165, 1.54) is 12.1 Å². The van der Waals surface area contributed by atoms with E-state index in [1.807, 2.05) is 18.2 Å². The molecule has 1 aromatic heterocycles. The van der Waals surface area contributed by atoms with Crippen molar-refractivity contribution in [3.05, 3.63) is 60.2 Å². The normalized spacial score (nSPS) is 14.5. The largest absolute Gasteiger partial charge is 0.483 e. The molecule has 1 aliphatic heterocycles. The lowest BCUT2D eigenvalue weighted by atomic mass is 9.86. The minimum absolute atomic E-state index is 0.0609. The number of carboxylic acid groups (broad SMARTS) is 2. The molecule has 1 fully saturated rings. The molecule has 1 aliphatic rings. The molecule has 1 amide bonds. The van der Waals surface area contributed by atoms with Gasteiger partial charge < -0.3 is 20.8 Å². The number of amides is 1. The van der Waals surface area contributed by atoms with E-state index in [1.54, 1.807) is 25.4 Å². The van der Waals surface area contributed by atoms with Gasteiger partial charge in [-0.05, 0) is 43.2 Å². The van der Waals surface area contributed by atoms with Gasteiger partial charge in [0.1, 0.15) is 11.4 Å². The van der Waals surface area contributed by atoms with Gasteiger partial charge in [-0.25, -0.2) is 4.39 Å². The molecule has 10 heteroatoms. The first-order valence-corrected chi connectivity index (χ1v) is 9.48. The molecule has 2 aromatic rings. The van der Waals surface area contributed by atoms with E-state index in [2.05, 4.69) is 20.5 Å². The molecule has 3 rings (SSSR count). The van der Waals surface area contributed by atoms with Crippen LogP contribution in [0, 0.1) is 5.82 Å². The summed E-state index contributed by atoms with van der Waals surface area (Å²) in [5.74, 6) is -0.376. The highest BCUT2D eigenvalue weighted by Crippen LogP contribution is 2.28. The summed E-state index contributed by atoms with van der Waals surface area (Å²) < 4.78 is 13.5. The Morgan fingerprint density at radius 2 is 1.81 bits per heavy atom. The zero-order valence-electron chi connectivity index (χ0n) is 17.2. The number of nitrogens with one attached hydrogen (secondary N) is 2. The highest BCUT2D eigenvalue weighted by molar-refractivity contribution is 5.89. The number of aromatic nitrogens is 1. The lowest BCUT2D eigenvalue weighted by Crippen LogP contribution is -2.57. The number of benzene rings is 1. The topological polar surface area (TPSA) is 132 Å². The van der Waals surface area contributed by atoms with Gasteiger partial charge in [0.15, 0.2) is 0 Å². The zero-order valence-corrected chi connectivity index (χ0v) is 17.2. The summed E-state index contributed by atoms with van der Waals surface area (Å²) >= 11 is 0. The lowest BCUT2D eigenvalue weighted by Gasteiger charge is -2.41. The number of nitrogens with zero attached hydrogens (tertiary/aromatic N) is 2. The van der Waals surface area contributed by atoms with Crippen LogP contribution in [0.3, 0.4) is 0 Å². The predicted molar refractivity (Wildman–Crippen MR) is 113 cm³/mol. The van der Waals surface area contributed by atoms with E-state index in [-0.39, 0.29) is 24.7 Å². The quantitative estimate of drug-likeness (QED) is 0.524. The number of rotatable bonds is 5. The van der Waals surface area contributed by atoms with Gasteiger partial charge in [-0.2, -0.15) is 0 Å². The van der Waals surface area contributed by atoms with Crippen molar-refractivity contribution in [1.82, 2.24) is 15.2 Å². The van der Waals surface area contributed by atoms with Crippen LogP contribution >= 0.6 is 0 Å². The van der Waals surface area contributed by atoms with Crippen LogP contribution in [-0.2, 0) is 20.9 Å². The molecule has 2 heterocycles. The second-order valence-corrected chi connectivity index (χ2v) is 6.60. The highest BCUT2D eigenvalue weighted by Gasteiger charge is 2.40. The first-order chi connectivity index (χ1) is 14.9. The SMILES string of the molecule is CNC(=O)C1(Nc2cccc(F)c2)CCN(Cc2ccccn2)CC1.O=CO.O=CO. The van der Waals surface area contributed by atoms with Crippen LogP contribution in [0.4, 0.5) is 10.1 Å². The Balaban J connectivity index is 0.000000720. The first-order valence-electron chi connectivity index (χ1n) is 9.48. The summed E-state index contributed by atoms with van der Waals surface area (Å²) in [5.41, 5.74) is 0.929. The summed E-state index contributed by atoms with van der Waals surface area (Å²) in [6.45, 7) is 1.81. The van der Waals surface area contributed by atoms with Crippen LogP contribution in [0.25, 0.3) is 0 Å². The van der Waals surface area contributed by atoms with Crippen molar-refractivity contribution in [2.75, 3.05) is 25.5 Å². The molecule has 0 spiro atoms. The van der Waals surface area contributed by atoms with Gasteiger partial charge in [0, 0.05) is 38.6 Å². The van der Waals surface area contributed by atoms with Crippen LogP contribution in [0.2, 0.25) is 0 Å². The summed E-state index contributed by atoms with van der Waals surface area (Å²) in [7, 11) is 1.64. The minimum atomic E-state index is -0.719. The highest BCUT2D eigenvalue weighted by atomic mass is 19.1. The fourth-order valence-corrected chi connectivity index (χ4v) is 3.30. The number of carbonyl (C=O) groups excluding carboxylic acids is 1. The molecule has 168 valence electrons. The molecule has 1 aromatic carbocycles.